The van der Waals surface area contributed by atoms with Crippen molar-refractivity contribution in [3.63, 3.8) is 0 Å². The Labute approximate surface area is 246 Å². The van der Waals surface area contributed by atoms with Crippen LogP contribution in [0.3, 0.4) is 0 Å². The lowest BCUT2D eigenvalue weighted by molar-refractivity contribution is -0.128. The fraction of sp³-hybridized carbons (Fsp3) is 0.343. The molecule has 0 bridgehead atoms. The van der Waals surface area contributed by atoms with E-state index in [2.05, 4.69) is 17.5 Å². The van der Waals surface area contributed by atoms with Gasteiger partial charge < -0.3 is 19.7 Å². The van der Waals surface area contributed by atoms with Gasteiger partial charge in [0.2, 0.25) is 5.91 Å². The fourth-order valence-corrected chi connectivity index (χ4v) is 7.16. The van der Waals surface area contributed by atoms with Gasteiger partial charge in [-0.2, -0.15) is 0 Å². The van der Waals surface area contributed by atoms with Crippen molar-refractivity contribution in [1.82, 2.24) is 0 Å². The molecule has 1 saturated heterocycles. The van der Waals surface area contributed by atoms with E-state index < -0.39 is 28.8 Å². The number of benzene rings is 3. The SMILES string of the molecule is COc1ccc(OC)c(C(=O)[C@@H]2[C@@H](C(=O)C(C)(C)C)N3c4ccc(C)cc4C(C)=C[C@@H]3[C@@]23C(=O)Nc2ccccc23)c1. The molecule has 0 saturated carbocycles. The van der Waals surface area contributed by atoms with Gasteiger partial charge in [-0.15, -0.1) is 0 Å². The summed E-state index contributed by atoms with van der Waals surface area (Å²) in [4.78, 5) is 46.4. The van der Waals surface area contributed by atoms with Gasteiger partial charge in [-0.05, 0) is 61.4 Å². The van der Waals surface area contributed by atoms with E-state index in [1.807, 2.05) is 75.9 Å². The molecule has 1 fully saturated rings. The van der Waals surface area contributed by atoms with Crippen LogP contribution in [0.5, 0.6) is 11.5 Å². The molecule has 3 aromatic carbocycles. The highest BCUT2D eigenvalue weighted by Gasteiger charge is 2.71. The van der Waals surface area contributed by atoms with E-state index in [9.17, 15) is 9.59 Å². The monoisotopic (exact) mass is 564 g/mol. The van der Waals surface area contributed by atoms with E-state index in [4.69, 9.17) is 9.47 Å². The van der Waals surface area contributed by atoms with Crippen LogP contribution in [-0.4, -0.2) is 43.8 Å². The van der Waals surface area contributed by atoms with Crippen LogP contribution >= 0.6 is 0 Å². The molecule has 3 aliphatic rings. The Bertz CT molecular complexity index is 1680. The zero-order valence-electron chi connectivity index (χ0n) is 25.1. The number of para-hydroxylation sites is 1. The number of Topliss-reactive ketones (excluding diaryl/α,β-unsaturated/α-hetero) is 2. The third-order valence-corrected chi connectivity index (χ3v) is 9.09. The number of hydrogen-bond donors (Lipinski definition) is 1. The Balaban J connectivity index is 1.72. The molecule has 0 aromatic heterocycles. The van der Waals surface area contributed by atoms with Gasteiger partial charge in [0.15, 0.2) is 11.6 Å². The first-order chi connectivity index (χ1) is 19.9. The van der Waals surface area contributed by atoms with Gasteiger partial charge >= 0.3 is 0 Å². The molecular formula is C35H36N2O5. The minimum atomic E-state index is -1.38. The van der Waals surface area contributed by atoms with Crippen LogP contribution in [-0.2, 0) is 15.0 Å². The van der Waals surface area contributed by atoms with Crippen LogP contribution in [0.4, 0.5) is 11.4 Å². The van der Waals surface area contributed by atoms with Crippen LogP contribution < -0.4 is 19.7 Å². The molecule has 6 rings (SSSR count). The van der Waals surface area contributed by atoms with Crippen molar-refractivity contribution in [3.05, 3.63) is 89.0 Å². The third-order valence-electron chi connectivity index (χ3n) is 9.09. The first-order valence-corrected chi connectivity index (χ1v) is 14.2. The molecule has 3 heterocycles. The summed E-state index contributed by atoms with van der Waals surface area (Å²) in [6.45, 7) is 9.67. The molecule has 1 amide bonds. The Hall–Kier alpha value is -4.39. The molecule has 1 N–H and O–H groups in total. The van der Waals surface area contributed by atoms with Crippen molar-refractivity contribution in [2.24, 2.45) is 11.3 Å². The predicted molar refractivity (Wildman–Crippen MR) is 163 cm³/mol. The van der Waals surface area contributed by atoms with E-state index >= 15 is 4.79 Å². The molecule has 3 aliphatic heterocycles. The van der Waals surface area contributed by atoms with Crippen LogP contribution in [0.2, 0.25) is 0 Å². The highest BCUT2D eigenvalue weighted by atomic mass is 16.5. The van der Waals surface area contributed by atoms with Crippen molar-refractivity contribution in [3.8, 4) is 11.5 Å². The third kappa shape index (κ3) is 3.75. The number of rotatable bonds is 5. The molecule has 7 nitrogen and oxygen atoms in total. The molecule has 4 atom stereocenters. The first kappa shape index (κ1) is 27.8. The van der Waals surface area contributed by atoms with E-state index in [0.717, 1.165) is 22.4 Å². The maximum atomic E-state index is 15.1. The van der Waals surface area contributed by atoms with Crippen molar-refractivity contribution < 1.29 is 23.9 Å². The largest absolute Gasteiger partial charge is 0.497 e. The normalized spacial score (nSPS) is 24.0. The van der Waals surface area contributed by atoms with E-state index in [-0.39, 0.29) is 23.0 Å². The summed E-state index contributed by atoms with van der Waals surface area (Å²) in [5, 5.41) is 3.08. The van der Waals surface area contributed by atoms with E-state index in [1.165, 1.54) is 14.2 Å². The summed E-state index contributed by atoms with van der Waals surface area (Å²) in [7, 11) is 3.04. The van der Waals surface area contributed by atoms with Crippen LogP contribution in [0.1, 0.15) is 54.7 Å². The summed E-state index contributed by atoms with van der Waals surface area (Å²) < 4.78 is 11.1. The minimum absolute atomic E-state index is 0.110. The Morgan fingerprint density at radius 3 is 2.38 bits per heavy atom. The van der Waals surface area contributed by atoms with Crippen molar-refractivity contribution in [2.45, 2.75) is 52.1 Å². The van der Waals surface area contributed by atoms with Gasteiger partial charge in [-0.25, -0.2) is 0 Å². The molecule has 0 aliphatic carbocycles. The zero-order chi connectivity index (χ0) is 30.1. The second kappa shape index (κ2) is 9.58. The second-order valence-corrected chi connectivity index (χ2v) is 12.6. The summed E-state index contributed by atoms with van der Waals surface area (Å²) in [6, 6.07) is 17.2. The average Bonchev–Trinajstić information content (AvgIpc) is 3.43. The van der Waals surface area contributed by atoms with Crippen LogP contribution in [0.25, 0.3) is 5.57 Å². The quantitative estimate of drug-likeness (QED) is 0.383. The number of fused-ring (bicyclic) bond motifs is 6. The van der Waals surface area contributed by atoms with Gasteiger partial charge in [0.25, 0.3) is 0 Å². The first-order valence-electron chi connectivity index (χ1n) is 14.2. The number of hydrogen-bond acceptors (Lipinski definition) is 6. The van der Waals surface area contributed by atoms with E-state index in [0.29, 0.717) is 22.7 Å². The molecule has 1 spiro atoms. The molecule has 0 unspecified atom stereocenters. The molecular weight excluding hydrogens is 528 g/mol. The second-order valence-electron chi connectivity index (χ2n) is 12.6. The van der Waals surface area contributed by atoms with Gasteiger partial charge in [0.1, 0.15) is 23.0 Å². The number of carbonyl (C=O) groups excluding carboxylic acids is 3. The number of carbonyl (C=O) groups is 3. The lowest BCUT2D eigenvalue weighted by Gasteiger charge is -2.40. The Kier molecular flexibility index (Phi) is 6.33. The van der Waals surface area contributed by atoms with Crippen molar-refractivity contribution in [1.29, 1.82) is 0 Å². The molecule has 0 radical (unpaired) electrons. The van der Waals surface area contributed by atoms with Gasteiger partial charge in [0, 0.05) is 22.4 Å². The highest BCUT2D eigenvalue weighted by Crippen LogP contribution is 2.59. The number of amides is 1. The van der Waals surface area contributed by atoms with Crippen molar-refractivity contribution in [2.75, 3.05) is 24.4 Å². The van der Waals surface area contributed by atoms with E-state index in [1.54, 1.807) is 18.2 Å². The maximum absolute atomic E-state index is 15.1. The fourth-order valence-electron chi connectivity index (χ4n) is 7.16. The summed E-state index contributed by atoms with van der Waals surface area (Å²) >= 11 is 0. The number of nitrogens with one attached hydrogen (secondary N) is 1. The Morgan fingerprint density at radius 1 is 0.952 bits per heavy atom. The molecule has 216 valence electrons. The van der Waals surface area contributed by atoms with Crippen LogP contribution in [0, 0.1) is 18.3 Å². The topological polar surface area (TPSA) is 84.9 Å². The lowest BCUT2D eigenvalue weighted by Crippen LogP contribution is -2.51. The smallest absolute Gasteiger partial charge is 0.238 e. The summed E-state index contributed by atoms with van der Waals surface area (Å²) in [5.41, 5.74) is 3.39. The van der Waals surface area contributed by atoms with Gasteiger partial charge in [-0.3, -0.25) is 14.4 Å². The Morgan fingerprint density at radius 2 is 1.69 bits per heavy atom. The standard InChI is InChI=1S/C35H36N2O5/c1-19-12-14-26-22(16-19)20(2)17-28-35(24-10-8-9-11-25(24)36-33(35)40)29(30(37(26)28)32(39)34(3,4)5)31(38)23-18-21(41-6)13-15-27(23)42-7/h8-18,28-30H,1-7H3,(H,36,40)/t28-,29+,30+,35-/m1/s1. The number of nitrogens with zero attached hydrogens (tertiary/aromatic N) is 1. The number of methoxy groups -OCH3 is 2. The highest BCUT2D eigenvalue weighted by molar-refractivity contribution is 6.18. The number of anilines is 2. The molecule has 7 heteroatoms. The number of ether oxygens (including phenoxy) is 2. The molecule has 3 aromatic rings. The summed E-state index contributed by atoms with van der Waals surface area (Å²) in [6.07, 6.45) is 2.07. The predicted octanol–water partition coefficient (Wildman–Crippen LogP) is 5.99. The van der Waals surface area contributed by atoms with Crippen molar-refractivity contribution >= 4 is 34.4 Å². The number of allylic oxidation sites excluding steroid dienone is 1. The van der Waals surface area contributed by atoms with Gasteiger partial charge in [-0.1, -0.05) is 56.7 Å². The lowest BCUT2D eigenvalue weighted by atomic mass is 9.63. The summed E-state index contributed by atoms with van der Waals surface area (Å²) in [5.74, 6) is -0.957. The maximum Gasteiger partial charge on any atom is 0.238 e. The molecule has 42 heavy (non-hydrogen) atoms. The van der Waals surface area contributed by atoms with Crippen LogP contribution in [0.15, 0.2) is 66.7 Å². The average molecular weight is 565 g/mol. The minimum Gasteiger partial charge on any atom is -0.497 e. The zero-order valence-corrected chi connectivity index (χ0v) is 25.1. The number of aryl methyl sites for hydroxylation is 1. The van der Waals surface area contributed by atoms with Gasteiger partial charge in [0.05, 0.1) is 31.7 Å². The number of ketones is 2.